The summed E-state index contributed by atoms with van der Waals surface area (Å²) in [6, 6.07) is 8.42. The van der Waals surface area contributed by atoms with E-state index in [0.717, 1.165) is 5.69 Å². The highest BCUT2D eigenvalue weighted by molar-refractivity contribution is 6.31. The second-order valence-corrected chi connectivity index (χ2v) is 4.91. The topological polar surface area (TPSA) is 54.0 Å². The molecule has 0 aliphatic rings. The molecular weight excluding hydrogens is 297 g/mol. The highest BCUT2D eigenvalue weighted by atomic mass is 35.5. The highest BCUT2D eigenvalue weighted by Gasteiger charge is 2.12. The van der Waals surface area contributed by atoms with Gasteiger partial charge >= 0.3 is 0 Å². The summed E-state index contributed by atoms with van der Waals surface area (Å²) < 4.78 is 0. The zero-order valence-electron chi connectivity index (χ0n) is 10.8. The molecule has 1 amide bonds. The van der Waals surface area contributed by atoms with Crippen LogP contribution in [-0.4, -0.2) is 17.4 Å². The van der Waals surface area contributed by atoms with Crippen LogP contribution >= 0.6 is 23.2 Å². The summed E-state index contributed by atoms with van der Waals surface area (Å²) in [5, 5.41) is 6.84. The smallest absolute Gasteiger partial charge is 0.258 e. The van der Waals surface area contributed by atoms with Crippen molar-refractivity contribution >= 4 is 40.6 Å². The van der Waals surface area contributed by atoms with Gasteiger partial charge in [-0.15, -0.1) is 0 Å². The lowest BCUT2D eigenvalue weighted by Crippen LogP contribution is -2.15. The van der Waals surface area contributed by atoms with Crippen LogP contribution in [0.2, 0.25) is 10.0 Å². The van der Waals surface area contributed by atoms with Crippen molar-refractivity contribution in [3.05, 3.63) is 52.1 Å². The predicted octanol–water partition coefficient (Wildman–Crippen LogP) is 4.07. The minimum absolute atomic E-state index is 0.279. The third-order valence-corrected chi connectivity index (χ3v) is 3.02. The Morgan fingerprint density at radius 3 is 2.60 bits per heavy atom. The standard InChI is InChI=1S/C14H13Cl2N3O/c1-2-17-12-5-3-9(15)7-11(12)14(20)19-13-6-4-10(16)8-18-13/h3-8,17H,2H2,1H3,(H,18,19,20). The van der Waals surface area contributed by atoms with E-state index < -0.39 is 0 Å². The number of hydrogen-bond acceptors (Lipinski definition) is 3. The molecule has 1 aromatic carbocycles. The molecular formula is C14H13Cl2N3O. The molecule has 0 bridgehead atoms. The molecule has 0 radical (unpaired) electrons. The van der Waals surface area contributed by atoms with Gasteiger partial charge in [0.25, 0.3) is 5.91 Å². The van der Waals surface area contributed by atoms with E-state index in [1.807, 2.05) is 6.92 Å². The van der Waals surface area contributed by atoms with Crippen LogP contribution < -0.4 is 10.6 Å². The molecule has 2 rings (SSSR count). The average molecular weight is 310 g/mol. The van der Waals surface area contributed by atoms with E-state index in [1.165, 1.54) is 6.20 Å². The second-order valence-electron chi connectivity index (χ2n) is 4.04. The number of benzene rings is 1. The molecule has 2 aromatic rings. The Kier molecular flexibility index (Phi) is 4.82. The van der Waals surface area contributed by atoms with Crippen molar-refractivity contribution in [2.75, 3.05) is 17.2 Å². The number of aromatic nitrogens is 1. The number of nitrogens with zero attached hydrogens (tertiary/aromatic N) is 1. The first kappa shape index (κ1) is 14.6. The van der Waals surface area contributed by atoms with Crippen LogP contribution in [0.15, 0.2) is 36.5 Å². The zero-order valence-corrected chi connectivity index (χ0v) is 12.3. The quantitative estimate of drug-likeness (QED) is 0.895. The molecule has 2 N–H and O–H groups in total. The molecule has 0 saturated carbocycles. The van der Waals surface area contributed by atoms with Crippen molar-refractivity contribution in [1.82, 2.24) is 4.98 Å². The minimum atomic E-state index is -0.279. The minimum Gasteiger partial charge on any atom is -0.385 e. The Morgan fingerprint density at radius 2 is 1.95 bits per heavy atom. The van der Waals surface area contributed by atoms with Crippen LogP contribution in [0.4, 0.5) is 11.5 Å². The summed E-state index contributed by atoms with van der Waals surface area (Å²) in [4.78, 5) is 16.3. The van der Waals surface area contributed by atoms with Gasteiger partial charge in [-0.1, -0.05) is 23.2 Å². The fourth-order valence-electron chi connectivity index (χ4n) is 1.68. The molecule has 1 heterocycles. The van der Waals surface area contributed by atoms with Gasteiger partial charge < -0.3 is 10.6 Å². The molecule has 0 atom stereocenters. The van der Waals surface area contributed by atoms with Crippen molar-refractivity contribution in [2.24, 2.45) is 0 Å². The van der Waals surface area contributed by atoms with Gasteiger partial charge in [0.15, 0.2) is 0 Å². The van der Waals surface area contributed by atoms with E-state index in [1.54, 1.807) is 30.3 Å². The number of amides is 1. The predicted molar refractivity (Wildman–Crippen MR) is 82.8 cm³/mol. The third-order valence-electron chi connectivity index (χ3n) is 2.56. The van der Waals surface area contributed by atoms with Crippen molar-refractivity contribution < 1.29 is 4.79 Å². The summed E-state index contributed by atoms with van der Waals surface area (Å²) in [7, 11) is 0. The summed E-state index contributed by atoms with van der Waals surface area (Å²) in [5.74, 6) is 0.153. The zero-order chi connectivity index (χ0) is 14.5. The Balaban J connectivity index is 2.23. The van der Waals surface area contributed by atoms with Gasteiger partial charge in [-0.25, -0.2) is 4.98 Å². The number of carbonyl (C=O) groups is 1. The Labute approximate surface area is 127 Å². The number of carbonyl (C=O) groups excluding carboxylic acids is 1. The van der Waals surface area contributed by atoms with Gasteiger partial charge in [0.1, 0.15) is 5.82 Å². The maximum absolute atomic E-state index is 12.3. The Morgan fingerprint density at radius 1 is 1.20 bits per heavy atom. The number of hydrogen-bond donors (Lipinski definition) is 2. The largest absolute Gasteiger partial charge is 0.385 e. The normalized spacial score (nSPS) is 10.2. The van der Waals surface area contributed by atoms with Gasteiger partial charge in [0.05, 0.1) is 10.6 Å². The average Bonchev–Trinajstić information content (AvgIpc) is 2.43. The second kappa shape index (κ2) is 6.59. The van der Waals surface area contributed by atoms with Gasteiger partial charge in [0, 0.05) is 23.5 Å². The number of nitrogens with one attached hydrogen (secondary N) is 2. The molecule has 4 nitrogen and oxygen atoms in total. The first-order chi connectivity index (χ1) is 9.60. The summed E-state index contributed by atoms with van der Waals surface area (Å²) in [5.41, 5.74) is 1.19. The SMILES string of the molecule is CCNc1ccc(Cl)cc1C(=O)Nc1ccc(Cl)cn1. The fourth-order valence-corrected chi connectivity index (χ4v) is 1.97. The van der Waals surface area contributed by atoms with Crippen LogP contribution in [0.3, 0.4) is 0 Å². The summed E-state index contributed by atoms with van der Waals surface area (Å²) >= 11 is 11.7. The van der Waals surface area contributed by atoms with Crippen LogP contribution in [0.25, 0.3) is 0 Å². The first-order valence-electron chi connectivity index (χ1n) is 6.06. The molecule has 0 fully saturated rings. The highest BCUT2D eigenvalue weighted by Crippen LogP contribution is 2.22. The van der Waals surface area contributed by atoms with E-state index in [9.17, 15) is 4.79 Å². The molecule has 0 saturated heterocycles. The molecule has 0 spiro atoms. The molecule has 0 unspecified atom stereocenters. The lowest BCUT2D eigenvalue weighted by atomic mass is 10.1. The summed E-state index contributed by atoms with van der Waals surface area (Å²) in [6.07, 6.45) is 1.47. The van der Waals surface area contributed by atoms with E-state index in [4.69, 9.17) is 23.2 Å². The van der Waals surface area contributed by atoms with Crippen LogP contribution in [0.1, 0.15) is 17.3 Å². The lowest BCUT2D eigenvalue weighted by Gasteiger charge is -2.11. The molecule has 20 heavy (non-hydrogen) atoms. The Hall–Kier alpha value is -1.78. The van der Waals surface area contributed by atoms with E-state index in [2.05, 4.69) is 15.6 Å². The van der Waals surface area contributed by atoms with Crippen LogP contribution in [-0.2, 0) is 0 Å². The third kappa shape index (κ3) is 3.62. The van der Waals surface area contributed by atoms with Crippen molar-refractivity contribution in [2.45, 2.75) is 6.92 Å². The molecule has 104 valence electrons. The van der Waals surface area contributed by atoms with Crippen molar-refractivity contribution in [3.8, 4) is 0 Å². The molecule has 0 aliphatic heterocycles. The monoisotopic (exact) mass is 309 g/mol. The van der Waals surface area contributed by atoms with E-state index in [-0.39, 0.29) is 5.91 Å². The molecule has 6 heteroatoms. The lowest BCUT2D eigenvalue weighted by molar-refractivity contribution is 0.102. The van der Waals surface area contributed by atoms with Gasteiger partial charge in [-0.3, -0.25) is 4.79 Å². The van der Waals surface area contributed by atoms with Gasteiger partial charge in [-0.2, -0.15) is 0 Å². The number of rotatable bonds is 4. The maximum Gasteiger partial charge on any atom is 0.258 e. The van der Waals surface area contributed by atoms with Gasteiger partial charge in [-0.05, 0) is 37.3 Å². The van der Waals surface area contributed by atoms with Gasteiger partial charge in [0.2, 0.25) is 0 Å². The number of pyridine rings is 1. The van der Waals surface area contributed by atoms with Crippen LogP contribution in [0.5, 0.6) is 0 Å². The number of anilines is 2. The van der Waals surface area contributed by atoms with Crippen molar-refractivity contribution in [3.63, 3.8) is 0 Å². The fraction of sp³-hybridized carbons (Fsp3) is 0.143. The summed E-state index contributed by atoms with van der Waals surface area (Å²) in [6.45, 7) is 2.66. The molecule has 0 aliphatic carbocycles. The Bertz CT molecular complexity index is 614. The first-order valence-corrected chi connectivity index (χ1v) is 6.82. The number of halogens is 2. The van der Waals surface area contributed by atoms with E-state index >= 15 is 0 Å². The van der Waals surface area contributed by atoms with Crippen molar-refractivity contribution in [1.29, 1.82) is 0 Å². The van der Waals surface area contributed by atoms with Crippen LogP contribution in [0, 0.1) is 0 Å². The van der Waals surface area contributed by atoms with E-state index in [0.29, 0.717) is 28.0 Å². The molecule has 1 aromatic heterocycles. The maximum atomic E-state index is 12.3.